The van der Waals surface area contributed by atoms with Crippen LogP contribution in [-0.4, -0.2) is 18.5 Å². The average molecular weight is 295 g/mol. The van der Waals surface area contributed by atoms with Crippen LogP contribution in [0.1, 0.15) is 22.0 Å². The van der Waals surface area contributed by atoms with Gasteiger partial charge in [0.2, 0.25) is 0 Å². The molecule has 4 heteroatoms. The van der Waals surface area contributed by atoms with Crippen molar-refractivity contribution in [3.05, 3.63) is 56.7 Å². The van der Waals surface area contributed by atoms with Crippen LogP contribution in [0.2, 0.25) is 4.34 Å². The molecular weight excluding hydrogens is 276 g/mol. The van der Waals surface area contributed by atoms with Crippen molar-refractivity contribution in [1.29, 1.82) is 0 Å². The number of hydrogen-bond acceptors (Lipinski definition) is 3. The number of nitrogens with two attached hydrogens (primary N) is 1. The summed E-state index contributed by atoms with van der Waals surface area (Å²) in [4.78, 5) is 3.53. The van der Waals surface area contributed by atoms with Crippen molar-refractivity contribution < 1.29 is 0 Å². The Hall–Kier alpha value is -0.870. The highest BCUT2D eigenvalue weighted by molar-refractivity contribution is 7.16. The summed E-state index contributed by atoms with van der Waals surface area (Å²) in [6.07, 6.45) is 0. The summed E-state index contributed by atoms with van der Waals surface area (Å²) in [6, 6.07) is 12.8. The van der Waals surface area contributed by atoms with E-state index in [1.807, 2.05) is 6.07 Å². The van der Waals surface area contributed by atoms with E-state index in [9.17, 15) is 0 Å². The molecule has 2 nitrogen and oxygen atoms in total. The summed E-state index contributed by atoms with van der Waals surface area (Å²) in [7, 11) is 2.10. The van der Waals surface area contributed by atoms with Gasteiger partial charge in [-0.2, -0.15) is 0 Å². The molecule has 19 heavy (non-hydrogen) atoms. The number of benzene rings is 1. The Kier molecular flexibility index (Phi) is 4.99. The van der Waals surface area contributed by atoms with E-state index in [1.165, 1.54) is 16.0 Å². The molecule has 0 bridgehead atoms. The van der Waals surface area contributed by atoms with Gasteiger partial charge in [0.05, 0.1) is 4.34 Å². The minimum absolute atomic E-state index is 0.237. The molecule has 0 radical (unpaired) electrons. The van der Waals surface area contributed by atoms with Gasteiger partial charge in [-0.3, -0.25) is 4.90 Å². The van der Waals surface area contributed by atoms with Crippen molar-refractivity contribution in [2.24, 2.45) is 5.73 Å². The average Bonchev–Trinajstić information content (AvgIpc) is 2.78. The highest BCUT2D eigenvalue weighted by Crippen LogP contribution is 2.26. The fourth-order valence-electron chi connectivity index (χ4n) is 2.15. The topological polar surface area (TPSA) is 29.3 Å². The van der Waals surface area contributed by atoms with Gasteiger partial charge < -0.3 is 5.73 Å². The minimum atomic E-state index is 0.237. The molecule has 0 saturated heterocycles. The number of aryl methyl sites for hydroxylation is 1. The van der Waals surface area contributed by atoms with Crippen LogP contribution in [0.5, 0.6) is 0 Å². The second-order valence-electron chi connectivity index (χ2n) is 4.78. The van der Waals surface area contributed by atoms with Gasteiger partial charge in [-0.1, -0.05) is 41.4 Å². The van der Waals surface area contributed by atoms with Crippen molar-refractivity contribution in [2.75, 3.05) is 13.6 Å². The number of halogens is 1. The number of nitrogens with zero attached hydrogens (tertiary/aromatic N) is 1. The molecular formula is C15H19ClN2S. The van der Waals surface area contributed by atoms with Crippen LogP contribution in [0, 0.1) is 6.92 Å². The first kappa shape index (κ1) is 14.5. The fraction of sp³-hybridized carbons (Fsp3) is 0.333. The molecule has 1 atom stereocenters. The van der Waals surface area contributed by atoms with E-state index < -0.39 is 0 Å². The molecule has 102 valence electrons. The van der Waals surface area contributed by atoms with Crippen molar-refractivity contribution in [3.8, 4) is 0 Å². The Morgan fingerprint density at radius 3 is 2.42 bits per heavy atom. The molecule has 2 rings (SSSR count). The first-order chi connectivity index (χ1) is 9.10. The molecule has 0 spiro atoms. The Labute approximate surface area is 123 Å². The number of likely N-dealkylation sites (N-methyl/N-ethyl adjacent to an activating group) is 1. The molecule has 1 aromatic heterocycles. The minimum Gasteiger partial charge on any atom is -0.329 e. The van der Waals surface area contributed by atoms with Gasteiger partial charge in [-0.25, -0.2) is 0 Å². The Bertz CT molecular complexity index is 521. The zero-order valence-corrected chi connectivity index (χ0v) is 12.8. The zero-order chi connectivity index (χ0) is 13.8. The van der Waals surface area contributed by atoms with Crippen LogP contribution >= 0.6 is 22.9 Å². The molecule has 2 N–H and O–H groups in total. The lowest BCUT2D eigenvalue weighted by atomic mass is 10.0. The van der Waals surface area contributed by atoms with E-state index in [1.54, 1.807) is 11.3 Å². The molecule has 1 heterocycles. The Balaban J connectivity index is 2.10. The summed E-state index contributed by atoms with van der Waals surface area (Å²) in [5.74, 6) is 0. The molecule has 0 aliphatic rings. The molecule has 1 aromatic carbocycles. The predicted molar refractivity (Wildman–Crippen MR) is 83.8 cm³/mol. The normalized spacial score (nSPS) is 12.9. The number of rotatable bonds is 5. The van der Waals surface area contributed by atoms with E-state index in [0.717, 1.165) is 10.9 Å². The second-order valence-corrected chi connectivity index (χ2v) is 6.58. The number of hydrogen-bond donors (Lipinski definition) is 1. The lowest BCUT2D eigenvalue weighted by molar-refractivity contribution is 0.244. The second kappa shape index (κ2) is 6.53. The highest BCUT2D eigenvalue weighted by Gasteiger charge is 2.16. The first-order valence-corrected chi connectivity index (χ1v) is 7.50. The maximum atomic E-state index is 5.97. The van der Waals surface area contributed by atoms with Gasteiger partial charge in [-0.05, 0) is 31.7 Å². The summed E-state index contributed by atoms with van der Waals surface area (Å²) < 4.78 is 0.836. The zero-order valence-electron chi connectivity index (χ0n) is 11.3. The van der Waals surface area contributed by atoms with Crippen LogP contribution in [0.25, 0.3) is 0 Å². The molecule has 0 aliphatic carbocycles. The van der Waals surface area contributed by atoms with Crippen LogP contribution in [0.3, 0.4) is 0 Å². The Morgan fingerprint density at radius 2 is 1.89 bits per heavy atom. The summed E-state index contributed by atoms with van der Waals surface area (Å²) >= 11 is 7.59. The van der Waals surface area contributed by atoms with E-state index >= 15 is 0 Å². The third-order valence-electron chi connectivity index (χ3n) is 3.25. The van der Waals surface area contributed by atoms with Crippen molar-refractivity contribution >= 4 is 22.9 Å². The van der Waals surface area contributed by atoms with Gasteiger partial charge in [0.15, 0.2) is 0 Å². The van der Waals surface area contributed by atoms with Crippen molar-refractivity contribution in [2.45, 2.75) is 19.5 Å². The van der Waals surface area contributed by atoms with E-state index in [4.69, 9.17) is 17.3 Å². The predicted octanol–water partition coefficient (Wildman–Crippen LogP) is 3.84. The van der Waals surface area contributed by atoms with Crippen molar-refractivity contribution in [1.82, 2.24) is 4.90 Å². The van der Waals surface area contributed by atoms with Gasteiger partial charge in [0, 0.05) is 24.0 Å². The monoisotopic (exact) mass is 294 g/mol. The van der Waals surface area contributed by atoms with Gasteiger partial charge in [-0.15, -0.1) is 11.3 Å². The van der Waals surface area contributed by atoms with Crippen LogP contribution in [0.15, 0.2) is 36.4 Å². The quantitative estimate of drug-likeness (QED) is 0.908. The van der Waals surface area contributed by atoms with E-state index in [0.29, 0.717) is 6.54 Å². The maximum absolute atomic E-state index is 5.97. The van der Waals surface area contributed by atoms with Crippen LogP contribution in [-0.2, 0) is 6.54 Å². The molecule has 0 aliphatic heterocycles. The lowest BCUT2D eigenvalue weighted by Crippen LogP contribution is -2.29. The molecule has 2 aromatic rings. The van der Waals surface area contributed by atoms with Crippen LogP contribution < -0.4 is 5.73 Å². The summed E-state index contributed by atoms with van der Waals surface area (Å²) in [5.41, 5.74) is 8.47. The third-order valence-corrected chi connectivity index (χ3v) is 4.47. The third kappa shape index (κ3) is 3.80. The van der Waals surface area contributed by atoms with Gasteiger partial charge >= 0.3 is 0 Å². The maximum Gasteiger partial charge on any atom is 0.0931 e. The molecule has 0 fully saturated rings. The molecule has 1 unspecified atom stereocenters. The summed E-state index contributed by atoms with van der Waals surface area (Å²) in [5, 5.41) is 0. The van der Waals surface area contributed by atoms with E-state index in [-0.39, 0.29) is 6.04 Å². The largest absolute Gasteiger partial charge is 0.329 e. The fourth-order valence-corrected chi connectivity index (χ4v) is 3.30. The smallest absolute Gasteiger partial charge is 0.0931 e. The molecule has 0 amide bonds. The van der Waals surface area contributed by atoms with E-state index in [2.05, 4.69) is 49.2 Å². The number of thiophene rings is 1. The Morgan fingerprint density at radius 1 is 1.21 bits per heavy atom. The SMILES string of the molecule is Cc1ccc(C(CN)N(C)Cc2ccc(Cl)s2)cc1. The van der Waals surface area contributed by atoms with Crippen LogP contribution in [0.4, 0.5) is 0 Å². The van der Waals surface area contributed by atoms with Gasteiger partial charge in [0.1, 0.15) is 0 Å². The first-order valence-electron chi connectivity index (χ1n) is 6.31. The highest BCUT2D eigenvalue weighted by atomic mass is 35.5. The molecule has 0 saturated carbocycles. The standard InChI is InChI=1S/C15H19ClN2S/c1-11-3-5-12(6-4-11)14(9-17)18(2)10-13-7-8-15(16)19-13/h3-8,14H,9-10,17H2,1-2H3. The van der Waals surface area contributed by atoms with Gasteiger partial charge in [0.25, 0.3) is 0 Å². The lowest BCUT2D eigenvalue weighted by Gasteiger charge is -2.27. The summed E-state index contributed by atoms with van der Waals surface area (Å²) in [6.45, 7) is 3.57. The van der Waals surface area contributed by atoms with Crippen molar-refractivity contribution in [3.63, 3.8) is 0 Å².